The average Bonchev–Trinajstić information content (AvgIpc) is 2.59. The van der Waals surface area contributed by atoms with Crippen molar-refractivity contribution in [2.45, 2.75) is 13.8 Å². The Balaban J connectivity index is 1.72. The fraction of sp³-hybridized carbons (Fsp3) is 0.158. The van der Waals surface area contributed by atoms with Crippen LogP contribution in [0.4, 0.5) is 5.69 Å². The number of halogens is 1. The van der Waals surface area contributed by atoms with E-state index in [1.54, 1.807) is 43.3 Å². The molecule has 0 aliphatic rings. The number of amides is 1. The summed E-state index contributed by atoms with van der Waals surface area (Å²) in [7, 11) is 0. The maximum Gasteiger partial charge on any atom is 0.262 e. The van der Waals surface area contributed by atoms with Crippen LogP contribution in [0.25, 0.3) is 10.9 Å². The van der Waals surface area contributed by atoms with Crippen LogP contribution in [0.3, 0.4) is 0 Å². The van der Waals surface area contributed by atoms with Gasteiger partial charge in [0.2, 0.25) is 0 Å². The number of aromatic nitrogens is 1. The van der Waals surface area contributed by atoms with Gasteiger partial charge >= 0.3 is 0 Å². The highest BCUT2D eigenvalue weighted by Gasteiger charge is 2.08. The number of hydrogen-bond donors (Lipinski definition) is 2. The van der Waals surface area contributed by atoms with Gasteiger partial charge in [0.05, 0.1) is 5.52 Å². The first kappa shape index (κ1) is 17.0. The molecule has 3 rings (SSSR count). The van der Waals surface area contributed by atoms with Crippen molar-refractivity contribution in [3.8, 4) is 5.75 Å². The molecule has 1 aromatic heterocycles. The number of nitrogens with one attached hydrogen (secondary N) is 2. The zero-order valence-corrected chi connectivity index (χ0v) is 14.6. The molecule has 25 heavy (non-hydrogen) atoms. The van der Waals surface area contributed by atoms with Crippen LogP contribution in [0.1, 0.15) is 11.1 Å². The third kappa shape index (κ3) is 3.83. The molecule has 0 fully saturated rings. The molecule has 128 valence electrons. The van der Waals surface area contributed by atoms with Crippen molar-refractivity contribution in [2.75, 3.05) is 11.9 Å². The highest BCUT2D eigenvalue weighted by atomic mass is 35.5. The second-order valence-corrected chi connectivity index (χ2v) is 6.19. The lowest BCUT2D eigenvalue weighted by molar-refractivity contribution is -0.118. The minimum atomic E-state index is -0.291. The summed E-state index contributed by atoms with van der Waals surface area (Å²) >= 11 is 5.80. The highest BCUT2D eigenvalue weighted by Crippen LogP contribution is 2.21. The van der Waals surface area contributed by atoms with Crippen molar-refractivity contribution in [1.82, 2.24) is 4.98 Å². The topological polar surface area (TPSA) is 71.2 Å². The van der Waals surface area contributed by atoms with Crippen molar-refractivity contribution in [3.05, 3.63) is 69.0 Å². The van der Waals surface area contributed by atoms with Crippen molar-refractivity contribution in [2.24, 2.45) is 0 Å². The molecule has 2 aromatic carbocycles. The van der Waals surface area contributed by atoms with E-state index < -0.39 is 0 Å². The molecule has 0 aliphatic carbocycles. The molecule has 1 amide bonds. The predicted molar refractivity (Wildman–Crippen MR) is 99.6 cm³/mol. The van der Waals surface area contributed by atoms with Gasteiger partial charge in [0.15, 0.2) is 6.61 Å². The van der Waals surface area contributed by atoms with Crippen LogP contribution in [0.2, 0.25) is 5.02 Å². The normalized spacial score (nSPS) is 10.7. The fourth-order valence-electron chi connectivity index (χ4n) is 2.52. The van der Waals surface area contributed by atoms with E-state index in [1.807, 2.05) is 13.0 Å². The summed E-state index contributed by atoms with van der Waals surface area (Å²) in [5, 5.41) is 4.31. The number of aryl methyl sites for hydroxylation is 1. The van der Waals surface area contributed by atoms with E-state index in [0.717, 1.165) is 10.9 Å². The Labute approximate surface area is 149 Å². The first-order chi connectivity index (χ1) is 11.9. The lowest BCUT2D eigenvalue weighted by atomic mass is 10.1. The number of H-pyrrole nitrogens is 1. The summed E-state index contributed by atoms with van der Waals surface area (Å²) in [6.45, 7) is 3.58. The minimum Gasteiger partial charge on any atom is -0.484 e. The van der Waals surface area contributed by atoms with Crippen molar-refractivity contribution in [1.29, 1.82) is 0 Å². The number of aromatic amines is 1. The number of hydrogen-bond acceptors (Lipinski definition) is 3. The molecule has 0 atom stereocenters. The van der Waals surface area contributed by atoms with E-state index >= 15 is 0 Å². The number of ether oxygens (including phenoxy) is 1. The lowest BCUT2D eigenvalue weighted by Gasteiger charge is -2.10. The standard InChI is InChI=1S/C19H17ClN2O3/c1-11-12(2)19(24)22-17-9-14(5-8-16(11)17)21-18(23)10-25-15-6-3-13(20)4-7-15/h3-9H,10H2,1-2H3,(H,21,23)(H,22,24). The van der Waals surface area contributed by atoms with Gasteiger partial charge in [-0.3, -0.25) is 9.59 Å². The number of pyridine rings is 1. The number of carbonyl (C=O) groups is 1. The van der Waals surface area contributed by atoms with E-state index in [1.165, 1.54) is 0 Å². The Morgan fingerprint density at radius 1 is 1.12 bits per heavy atom. The van der Waals surface area contributed by atoms with Crippen molar-refractivity contribution < 1.29 is 9.53 Å². The van der Waals surface area contributed by atoms with Crippen LogP contribution in [0.5, 0.6) is 5.75 Å². The molecule has 0 saturated heterocycles. The van der Waals surface area contributed by atoms with Gasteiger partial charge in [-0.15, -0.1) is 0 Å². The smallest absolute Gasteiger partial charge is 0.262 e. The van der Waals surface area contributed by atoms with E-state index in [-0.39, 0.29) is 18.1 Å². The Morgan fingerprint density at radius 3 is 2.56 bits per heavy atom. The maximum atomic E-state index is 12.0. The molecule has 6 heteroatoms. The van der Waals surface area contributed by atoms with E-state index in [0.29, 0.717) is 27.5 Å². The molecule has 3 aromatic rings. The van der Waals surface area contributed by atoms with Gasteiger partial charge in [-0.25, -0.2) is 0 Å². The third-order valence-electron chi connectivity index (χ3n) is 4.04. The summed E-state index contributed by atoms with van der Waals surface area (Å²) in [5.74, 6) is 0.272. The van der Waals surface area contributed by atoms with Gasteiger partial charge in [0.25, 0.3) is 11.5 Å². The summed E-state index contributed by atoms with van der Waals surface area (Å²) in [6.07, 6.45) is 0. The first-order valence-corrected chi connectivity index (χ1v) is 8.13. The molecule has 0 bridgehead atoms. The second kappa shape index (κ2) is 6.99. The Morgan fingerprint density at radius 2 is 1.84 bits per heavy atom. The van der Waals surface area contributed by atoms with Crippen LogP contribution in [-0.4, -0.2) is 17.5 Å². The molecule has 0 aliphatic heterocycles. The van der Waals surface area contributed by atoms with Gasteiger partial charge in [-0.2, -0.15) is 0 Å². The molecular weight excluding hydrogens is 340 g/mol. The van der Waals surface area contributed by atoms with Crippen LogP contribution in [0.15, 0.2) is 47.3 Å². The van der Waals surface area contributed by atoms with Gasteiger partial charge in [-0.05, 0) is 55.8 Å². The zero-order chi connectivity index (χ0) is 18.0. The molecule has 0 unspecified atom stereocenters. The fourth-order valence-corrected chi connectivity index (χ4v) is 2.64. The van der Waals surface area contributed by atoms with Crippen molar-refractivity contribution >= 4 is 34.1 Å². The van der Waals surface area contributed by atoms with Gasteiger partial charge in [-0.1, -0.05) is 17.7 Å². The number of rotatable bonds is 4. The van der Waals surface area contributed by atoms with E-state index in [2.05, 4.69) is 10.3 Å². The number of fused-ring (bicyclic) bond motifs is 1. The first-order valence-electron chi connectivity index (χ1n) is 7.75. The van der Waals surface area contributed by atoms with Crippen LogP contribution < -0.4 is 15.6 Å². The molecule has 1 heterocycles. The molecule has 0 saturated carbocycles. The summed E-state index contributed by atoms with van der Waals surface area (Å²) in [4.78, 5) is 26.8. The molecule has 2 N–H and O–H groups in total. The summed E-state index contributed by atoms with van der Waals surface area (Å²) in [5.41, 5.74) is 2.78. The molecular formula is C19H17ClN2O3. The van der Waals surface area contributed by atoms with E-state index in [9.17, 15) is 9.59 Å². The third-order valence-corrected chi connectivity index (χ3v) is 4.29. The lowest BCUT2D eigenvalue weighted by Crippen LogP contribution is -2.20. The number of anilines is 1. The van der Waals surface area contributed by atoms with Crippen LogP contribution in [-0.2, 0) is 4.79 Å². The maximum absolute atomic E-state index is 12.0. The summed E-state index contributed by atoms with van der Waals surface area (Å²) < 4.78 is 5.41. The average molecular weight is 357 g/mol. The van der Waals surface area contributed by atoms with Crippen LogP contribution in [0, 0.1) is 13.8 Å². The van der Waals surface area contributed by atoms with Gasteiger partial charge in [0.1, 0.15) is 5.75 Å². The number of benzene rings is 2. The Kier molecular flexibility index (Phi) is 4.76. The second-order valence-electron chi connectivity index (χ2n) is 5.76. The minimum absolute atomic E-state index is 0.122. The van der Waals surface area contributed by atoms with Crippen molar-refractivity contribution in [3.63, 3.8) is 0 Å². The van der Waals surface area contributed by atoms with Gasteiger partial charge in [0, 0.05) is 21.7 Å². The summed E-state index contributed by atoms with van der Waals surface area (Å²) in [6, 6.07) is 12.2. The SMILES string of the molecule is Cc1c(C)c2ccc(NC(=O)COc3ccc(Cl)cc3)cc2[nH]c1=O. The zero-order valence-electron chi connectivity index (χ0n) is 13.9. The largest absolute Gasteiger partial charge is 0.484 e. The quantitative estimate of drug-likeness (QED) is 0.746. The highest BCUT2D eigenvalue weighted by molar-refractivity contribution is 6.30. The molecule has 5 nitrogen and oxygen atoms in total. The predicted octanol–water partition coefficient (Wildman–Crippen LogP) is 3.82. The molecule has 0 radical (unpaired) electrons. The van der Waals surface area contributed by atoms with Gasteiger partial charge < -0.3 is 15.0 Å². The Bertz CT molecular complexity index is 994. The van der Waals surface area contributed by atoms with Crippen LogP contribution >= 0.6 is 11.6 Å². The van der Waals surface area contributed by atoms with E-state index in [4.69, 9.17) is 16.3 Å². The number of carbonyl (C=O) groups excluding carboxylic acids is 1. The monoisotopic (exact) mass is 356 g/mol. The Hall–Kier alpha value is -2.79. The molecule has 0 spiro atoms.